The van der Waals surface area contributed by atoms with Crippen molar-refractivity contribution >= 4 is 11.8 Å². The van der Waals surface area contributed by atoms with Crippen LogP contribution in [0, 0.1) is 0 Å². The van der Waals surface area contributed by atoms with Gasteiger partial charge < -0.3 is 19.3 Å². The van der Waals surface area contributed by atoms with Gasteiger partial charge in [0, 0.05) is 19.1 Å². The average Bonchev–Trinajstić information content (AvgIpc) is 3.05. The second-order valence-corrected chi connectivity index (χ2v) is 5.95. The summed E-state index contributed by atoms with van der Waals surface area (Å²) < 4.78 is 5.06. The van der Waals surface area contributed by atoms with Gasteiger partial charge in [-0.1, -0.05) is 0 Å². The van der Waals surface area contributed by atoms with Gasteiger partial charge in [-0.05, 0) is 37.8 Å². The Balaban J connectivity index is 1.63. The quantitative estimate of drug-likeness (QED) is 0.897. The number of furan rings is 1. The summed E-state index contributed by atoms with van der Waals surface area (Å²) >= 11 is 0. The standard InChI is InChI=1S/C15H20N2O4/c1-16(15(20)13-3-2-6-21-13)9-14(19)17-10-4-5-11(17)8-12(18)7-10/h2-3,6,10-12,18H,4-5,7-9H2,1H3. The van der Waals surface area contributed by atoms with Crippen molar-refractivity contribution in [3.63, 3.8) is 0 Å². The molecule has 2 unspecified atom stereocenters. The highest BCUT2D eigenvalue weighted by molar-refractivity contribution is 5.94. The number of fused-ring (bicyclic) bond motifs is 2. The van der Waals surface area contributed by atoms with E-state index in [4.69, 9.17) is 4.42 Å². The van der Waals surface area contributed by atoms with E-state index >= 15 is 0 Å². The molecule has 0 saturated carbocycles. The van der Waals surface area contributed by atoms with Gasteiger partial charge in [-0.15, -0.1) is 0 Å². The zero-order chi connectivity index (χ0) is 15.0. The lowest BCUT2D eigenvalue weighted by molar-refractivity contribution is -0.137. The van der Waals surface area contributed by atoms with Crippen molar-refractivity contribution in [2.45, 2.75) is 43.9 Å². The molecule has 3 rings (SSSR count). The number of aliphatic hydroxyl groups is 1. The molecule has 1 aromatic heterocycles. The maximum Gasteiger partial charge on any atom is 0.289 e. The third-order valence-corrected chi connectivity index (χ3v) is 4.45. The van der Waals surface area contributed by atoms with E-state index < -0.39 is 0 Å². The molecule has 6 nitrogen and oxygen atoms in total. The van der Waals surface area contributed by atoms with Gasteiger partial charge in [0.1, 0.15) is 0 Å². The third-order valence-electron chi connectivity index (χ3n) is 4.45. The van der Waals surface area contributed by atoms with Crippen LogP contribution in [0.2, 0.25) is 0 Å². The van der Waals surface area contributed by atoms with Crippen molar-refractivity contribution in [3.05, 3.63) is 24.2 Å². The topological polar surface area (TPSA) is 74.0 Å². The number of aliphatic hydroxyl groups excluding tert-OH is 1. The molecule has 0 spiro atoms. The summed E-state index contributed by atoms with van der Waals surface area (Å²) in [4.78, 5) is 27.8. The van der Waals surface area contributed by atoms with Crippen LogP contribution in [0.15, 0.2) is 22.8 Å². The van der Waals surface area contributed by atoms with Crippen LogP contribution >= 0.6 is 0 Å². The highest BCUT2D eigenvalue weighted by Gasteiger charge is 2.42. The summed E-state index contributed by atoms with van der Waals surface area (Å²) in [6.45, 7) is 0.0443. The van der Waals surface area contributed by atoms with E-state index in [1.807, 2.05) is 4.90 Å². The first-order valence-electron chi connectivity index (χ1n) is 7.34. The van der Waals surface area contributed by atoms with Crippen LogP contribution in [0.1, 0.15) is 36.2 Å². The molecule has 2 aliphatic heterocycles. The van der Waals surface area contributed by atoms with Crippen LogP contribution in [0.5, 0.6) is 0 Å². The number of nitrogens with zero attached hydrogens (tertiary/aromatic N) is 2. The van der Waals surface area contributed by atoms with Crippen molar-refractivity contribution in [1.29, 1.82) is 0 Å². The van der Waals surface area contributed by atoms with Crippen molar-refractivity contribution in [1.82, 2.24) is 9.80 Å². The number of rotatable bonds is 3. The molecule has 3 heterocycles. The molecule has 6 heteroatoms. The lowest BCUT2D eigenvalue weighted by Gasteiger charge is -2.38. The summed E-state index contributed by atoms with van der Waals surface area (Å²) in [7, 11) is 1.60. The highest BCUT2D eigenvalue weighted by Crippen LogP contribution is 2.35. The molecule has 1 N–H and O–H groups in total. The van der Waals surface area contributed by atoms with Crippen LogP contribution in [-0.4, -0.2) is 58.5 Å². The number of amides is 2. The van der Waals surface area contributed by atoms with E-state index in [0.717, 1.165) is 12.8 Å². The fraction of sp³-hybridized carbons (Fsp3) is 0.600. The first-order valence-corrected chi connectivity index (χ1v) is 7.34. The van der Waals surface area contributed by atoms with Gasteiger partial charge in [-0.3, -0.25) is 9.59 Å². The molecule has 2 fully saturated rings. The molecular weight excluding hydrogens is 272 g/mol. The van der Waals surface area contributed by atoms with Crippen LogP contribution in [0.25, 0.3) is 0 Å². The van der Waals surface area contributed by atoms with Gasteiger partial charge in [0.15, 0.2) is 5.76 Å². The van der Waals surface area contributed by atoms with Crippen molar-refractivity contribution < 1.29 is 19.1 Å². The van der Waals surface area contributed by atoms with Gasteiger partial charge >= 0.3 is 0 Å². The molecular formula is C15H20N2O4. The maximum absolute atomic E-state index is 12.5. The van der Waals surface area contributed by atoms with E-state index in [-0.39, 0.29) is 42.3 Å². The molecule has 114 valence electrons. The smallest absolute Gasteiger partial charge is 0.289 e. The first-order chi connectivity index (χ1) is 10.1. The van der Waals surface area contributed by atoms with Crippen LogP contribution in [-0.2, 0) is 4.79 Å². The summed E-state index contributed by atoms with van der Waals surface area (Å²) in [6, 6.07) is 3.48. The van der Waals surface area contributed by atoms with E-state index in [0.29, 0.717) is 12.8 Å². The zero-order valence-corrected chi connectivity index (χ0v) is 12.1. The van der Waals surface area contributed by atoms with Gasteiger partial charge in [0.05, 0.1) is 18.9 Å². The van der Waals surface area contributed by atoms with Crippen molar-refractivity contribution in [2.75, 3.05) is 13.6 Å². The Morgan fingerprint density at radius 2 is 2.05 bits per heavy atom. The van der Waals surface area contributed by atoms with Crippen LogP contribution in [0.4, 0.5) is 0 Å². The molecule has 2 bridgehead atoms. The minimum Gasteiger partial charge on any atom is -0.459 e. The summed E-state index contributed by atoms with van der Waals surface area (Å²) in [5.41, 5.74) is 0. The second kappa shape index (κ2) is 5.52. The molecule has 0 aromatic carbocycles. The highest BCUT2D eigenvalue weighted by atomic mass is 16.3. The Bertz CT molecular complexity index is 514. The fourth-order valence-electron chi connectivity index (χ4n) is 3.50. The number of carbonyl (C=O) groups is 2. The van der Waals surface area contributed by atoms with Crippen molar-refractivity contribution in [2.24, 2.45) is 0 Å². The Kier molecular flexibility index (Phi) is 3.71. The summed E-state index contributed by atoms with van der Waals surface area (Å²) in [5.74, 6) is -0.100. The molecule has 21 heavy (non-hydrogen) atoms. The van der Waals surface area contributed by atoms with E-state index in [1.54, 1.807) is 19.2 Å². The lowest BCUT2D eigenvalue weighted by Crippen LogP contribution is -2.51. The van der Waals surface area contributed by atoms with Gasteiger partial charge in [-0.25, -0.2) is 0 Å². The van der Waals surface area contributed by atoms with Gasteiger partial charge in [-0.2, -0.15) is 0 Å². The molecule has 0 radical (unpaired) electrons. The molecule has 1 aromatic rings. The lowest BCUT2D eigenvalue weighted by atomic mass is 10.00. The monoisotopic (exact) mass is 292 g/mol. The Morgan fingerprint density at radius 3 is 2.62 bits per heavy atom. The Morgan fingerprint density at radius 1 is 1.38 bits per heavy atom. The molecule has 2 amide bonds. The second-order valence-electron chi connectivity index (χ2n) is 5.95. The number of carbonyl (C=O) groups excluding carboxylic acids is 2. The summed E-state index contributed by atoms with van der Waals surface area (Å²) in [6.07, 6.45) is 4.34. The van der Waals surface area contributed by atoms with Crippen LogP contribution in [0.3, 0.4) is 0 Å². The molecule has 2 saturated heterocycles. The van der Waals surface area contributed by atoms with Gasteiger partial charge in [0.25, 0.3) is 5.91 Å². The Hall–Kier alpha value is -1.82. The minimum absolute atomic E-state index is 0.0443. The molecule has 2 atom stereocenters. The summed E-state index contributed by atoms with van der Waals surface area (Å²) in [5, 5.41) is 9.77. The first kappa shape index (κ1) is 14.1. The SMILES string of the molecule is CN(CC(=O)N1C2CCC1CC(O)C2)C(=O)c1ccco1. The third kappa shape index (κ3) is 2.68. The Labute approximate surface area is 123 Å². The normalized spacial score (nSPS) is 27.7. The fourth-order valence-corrected chi connectivity index (χ4v) is 3.50. The van der Waals surface area contributed by atoms with E-state index in [1.165, 1.54) is 11.2 Å². The zero-order valence-electron chi connectivity index (χ0n) is 12.1. The molecule has 0 aliphatic carbocycles. The number of hydrogen-bond acceptors (Lipinski definition) is 4. The predicted octanol–water partition coefficient (Wildman–Crippen LogP) is 0.866. The maximum atomic E-state index is 12.5. The van der Waals surface area contributed by atoms with E-state index in [9.17, 15) is 14.7 Å². The predicted molar refractivity (Wildman–Crippen MR) is 74.6 cm³/mol. The van der Waals surface area contributed by atoms with Gasteiger partial charge in [0.2, 0.25) is 5.91 Å². The van der Waals surface area contributed by atoms with Crippen molar-refractivity contribution in [3.8, 4) is 0 Å². The average molecular weight is 292 g/mol. The molecule has 2 aliphatic rings. The van der Waals surface area contributed by atoms with Crippen LogP contribution < -0.4 is 0 Å². The largest absolute Gasteiger partial charge is 0.459 e. The number of piperidine rings is 1. The number of hydrogen-bond donors (Lipinski definition) is 1. The number of likely N-dealkylation sites (N-methyl/N-ethyl adjacent to an activating group) is 1. The minimum atomic E-state index is -0.297. The van der Waals surface area contributed by atoms with E-state index in [2.05, 4.69) is 0 Å².